The summed E-state index contributed by atoms with van der Waals surface area (Å²) in [7, 11) is 0. The number of nitrogens with zero attached hydrogens (tertiary/aromatic N) is 1. The lowest BCUT2D eigenvalue weighted by Gasteiger charge is -2.20. The molecule has 1 aromatic rings. The number of amides is 2. The van der Waals surface area contributed by atoms with Gasteiger partial charge in [-0.1, -0.05) is 0 Å². The summed E-state index contributed by atoms with van der Waals surface area (Å²) in [5.41, 5.74) is -0.201. The van der Waals surface area contributed by atoms with Crippen LogP contribution in [0.1, 0.15) is 25.8 Å². The third-order valence-corrected chi connectivity index (χ3v) is 2.15. The number of rotatable bonds is 2. The molecule has 0 fully saturated rings. The number of hydrogen-bond acceptors (Lipinski definition) is 3. The molecule has 0 saturated heterocycles. The summed E-state index contributed by atoms with van der Waals surface area (Å²) < 4.78 is 0. The van der Waals surface area contributed by atoms with E-state index in [2.05, 4.69) is 15.6 Å². The molecule has 0 aliphatic heterocycles. The van der Waals surface area contributed by atoms with Gasteiger partial charge in [-0.3, -0.25) is 0 Å². The lowest BCUT2D eigenvalue weighted by molar-refractivity contribution is 0.231. The first-order valence-corrected chi connectivity index (χ1v) is 5.30. The van der Waals surface area contributed by atoms with Gasteiger partial charge in [-0.2, -0.15) is 0 Å². The Hall–Kier alpha value is -1.10. The van der Waals surface area contributed by atoms with Crippen LogP contribution in [0.2, 0.25) is 0 Å². The zero-order chi connectivity index (χ0) is 10.6. The van der Waals surface area contributed by atoms with Crippen LogP contribution in [-0.4, -0.2) is 16.6 Å². The number of urea groups is 1. The van der Waals surface area contributed by atoms with Crippen LogP contribution in [0.25, 0.3) is 0 Å². The topological polar surface area (TPSA) is 54.0 Å². The van der Waals surface area contributed by atoms with E-state index in [-0.39, 0.29) is 11.6 Å². The SMILES string of the molecule is CC(C)(C)NC(=O)NCc1nccs1. The second kappa shape index (κ2) is 4.41. The number of carbonyl (C=O) groups excluding carboxylic acids is 1. The highest BCUT2D eigenvalue weighted by molar-refractivity contribution is 7.09. The molecule has 0 unspecified atom stereocenters. The minimum atomic E-state index is -0.201. The maximum Gasteiger partial charge on any atom is 0.315 e. The van der Waals surface area contributed by atoms with Crippen molar-refractivity contribution in [3.63, 3.8) is 0 Å². The highest BCUT2D eigenvalue weighted by atomic mass is 32.1. The summed E-state index contributed by atoms with van der Waals surface area (Å²) in [5.74, 6) is 0. The summed E-state index contributed by atoms with van der Waals surface area (Å²) >= 11 is 1.53. The Bertz CT molecular complexity index is 290. The summed E-state index contributed by atoms with van der Waals surface area (Å²) in [6.45, 7) is 6.31. The molecule has 1 rings (SSSR count). The van der Waals surface area contributed by atoms with Gasteiger partial charge in [-0.05, 0) is 20.8 Å². The predicted molar refractivity (Wildman–Crippen MR) is 57.2 cm³/mol. The van der Waals surface area contributed by atoms with E-state index in [4.69, 9.17) is 0 Å². The third kappa shape index (κ3) is 4.23. The molecule has 2 amide bonds. The van der Waals surface area contributed by atoms with Crippen LogP contribution in [0.15, 0.2) is 11.6 Å². The fourth-order valence-corrected chi connectivity index (χ4v) is 1.44. The van der Waals surface area contributed by atoms with Gasteiger partial charge in [-0.15, -0.1) is 11.3 Å². The average Bonchev–Trinajstić information content (AvgIpc) is 2.49. The number of hydrogen-bond donors (Lipinski definition) is 2. The van der Waals surface area contributed by atoms with E-state index in [1.165, 1.54) is 11.3 Å². The van der Waals surface area contributed by atoms with Crippen LogP contribution in [-0.2, 0) is 6.54 Å². The number of carbonyl (C=O) groups is 1. The van der Waals surface area contributed by atoms with Crippen LogP contribution < -0.4 is 10.6 Å². The van der Waals surface area contributed by atoms with E-state index in [9.17, 15) is 4.79 Å². The Morgan fingerprint density at radius 1 is 1.57 bits per heavy atom. The van der Waals surface area contributed by atoms with Gasteiger partial charge in [-0.25, -0.2) is 9.78 Å². The van der Waals surface area contributed by atoms with Crippen molar-refractivity contribution < 1.29 is 4.79 Å². The molecular weight excluding hydrogens is 198 g/mol. The Morgan fingerprint density at radius 3 is 2.79 bits per heavy atom. The Kier molecular flexibility index (Phi) is 3.46. The molecule has 0 atom stereocenters. The molecule has 0 aliphatic rings. The van der Waals surface area contributed by atoms with Crippen molar-refractivity contribution >= 4 is 17.4 Å². The molecule has 78 valence electrons. The summed E-state index contributed by atoms with van der Waals surface area (Å²) in [6.07, 6.45) is 1.73. The van der Waals surface area contributed by atoms with Crippen LogP contribution in [0.5, 0.6) is 0 Å². The number of thiazole rings is 1. The zero-order valence-corrected chi connectivity index (χ0v) is 9.44. The van der Waals surface area contributed by atoms with E-state index < -0.39 is 0 Å². The quantitative estimate of drug-likeness (QED) is 0.786. The van der Waals surface area contributed by atoms with E-state index in [1.54, 1.807) is 6.20 Å². The second-order valence-electron chi connectivity index (χ2n) is 3.98. The van der Waals surface area contributed by atoms with Gasteiger partial charge in [0.2, 0.25) is 0 Å². The van der Waals surface area contributed by atoms with Gasteiger partial charge in [0.05, 0.1) is 6.54 Å². The van der Waals surface area contributed by atoms with Crippen LogP contribution in [0, 0.1) is 0 Å². The van der Waals surface area contributed by atoms with E-state index >= 15 is 0 Å². The van der Waals surface area contributed by atoms with Crippen molar-refractivity contribution in [1.82, 2.24) is 15.6 Å². The number of nitrogens with one attached hydrogen (secondary N) is 2. The minimum Gasteiger partial charge on any atom is -0.334 e. The van der Waals surface area contributed by atoms with Crippen molar-refractivity contribution in [3.8, 4) is 0 Å². The molecule has 5 heteroatoms. The maximum absolute atomic E-state index is 11.3. The predicted octanol–water partition coefficient (Wildman–Crippen LogP) is 1.74. The first-order valence-electron chi connectivity index (χ1n) is 4.42. The lowest BCUT2D eigenvalue weighted by atomic mass is 10.1. The molecule has 14 heavy (non-hydrogen) atoms. The van der Waals surface area contributed by atoms with Crippen LogP contribution in [0.4, 0.5) is 4.79 Å². The van der Waals surface area contributed by atoms with Gasteiger partial charge in [0.25, 0.3) is 0 Å². The summed E-state index contributed by atoms with van der Waals surface area (Å²) in [6, 6.07) is -0.160. The van der Waals surface area contributed by atoms with Gasteiger partial charge >= 0.3 is 6.03 Å². The van der Waals surface area contributed by atoms with Crippen molar-refractivity contribution in [2.75, 3.05) is 0 Å². The Morgan fingerprint density at radius 2 is 2.29 bits per heavy atom. The molecule has 0 aromatic carbocycles. The van der Waals surface area contributed by atoms with Crippen molar-refractivity contribution in [2.45, 2.75) is 32.9 Å². The molecule has 2 N–H and O–H groups in total. The standard InChI is InChI=1S/C9H15N3OS/c1-9(2,3)12-8(13)11-6-7-10-4-5-14-7/h4-5H,6H2,1-3H3,(H2,11,12,13). The first kappa shape index (κ1) is 11.0. The summed E-state index contributed by atoms with van der Waals surface area (Å²) in [4.78, 5) is 15.4. The minimum absolute atomic E-state index is 0.160. The molecule has 0 radical (unpaired) electrons. The first-order chi connectivity index (χ1) is 6.47. The van der Waals surface area contributed by atoms with E-state index in [1.807, 2.05) is 26.2 Å². The van der Waals surface area contributed by atoms with E-state index in [0.29, 0.717) is 6.54 Å². The van der Waals surface area contributed by atoms with Gasteiger partial charge < -0.3 is 10.6 Å². The monoisotopic (exact) mass is 213 g/mol. The fourth-order valence-electron chi connectivity index (χ4n) is 0.881. The lowest BCUT2D eigenvalue weighted by Crippen LogP contribution is -2.46. The smallest absolute Gasteiger partial charge is 0.315 e. The van der Waals surface area contributed by atoms with Gasteiger partial charge in [0.15, 0.2) is 0 Å². The Labute approximate surface area is 87.7 Å². The Balaban J connectivity index is 2.29. The molecular formula is C9H15N3OS. The number of aromatic nitrogens is 1. The van der Waals surface area contributed by atoms with Crippen molar-refractivity contribution in [1.29, 1.82) is 0 Å². The highest BCUT2D eigenvalue weighted by Crippen LogP contribution is 2.03. The third-order valence-electron chi connectivity index (χ3n) is 1.37. The molecule has 1 heterocycles. The highest BCUT2D eigenvalue weighted by Gasteiger charge is 2.12. The van der Waals surface area contributed by atoms with Crippen LogP contribution >= 0.6 is 11.3 Å². The normalized spacial score (nSPS) is 11.1. The molecule has 0 spiro atoms. The van der Waals surface area contributed by atoms with Crippen LogP contribution in [0.3, 0.4) is 0 Å². The maximum atomic E-state index is 11.3. The summed E-state index contributed by atoms with van der Waals surface area (Å²) in [5, 5.41) is 8.35. The largest absolute Gasteiger partial charge is 0.334 e. The second-order valence-corrected chi connectivity index (χ2v) is 4.96. The fraction of sp³-hybridized carbons (Fsp3) is 0.556. The molecule has 1 aromatic heterocycles. The van der Waals surface area contributed by atoms with E-state index in [0.717, 1.165) is 5.01 Å². The van der Waals surface area contributed by atoms with Gasteiger partial charge in [0, 0.05) is 17.1 Å². The molecule has 0 bridgehead atoms. The average molecular weight is 213 g/mol. The molecule has 0 saturated carbocycles. The van der Waals surface area contributed by atoms with Gasteiger partial charge in [0.1, 0.15) is 5.01 Å². The van der Waals surface area contributed by atoms with Crippen molar-refractivity contribution in [2.24, 2.45) is 0 Å². The van der Waals surface area contributed by atoms with Crippen molar-refractivity contribution in [3.05, 3.63) is 16.6 Å². The molecule has 0 aliphatic carbocycles. The zero-order valence-electron chi connectivity index (χ0n) is 8.63. The molecule has 4 nitrogen and oxygen atoms in total.